The van der Waals surface area contributed by atoms with Gasteiger partial charge >= 0.3 is 11.9 Å². The first-order valence-corrected chi connectivity index (χ1v) is 27.8. The molecule has 0 aromatic carbocycles. The van der Waals surface area contributed by atoms with E-state index < -0.39 is 6.10 Å². The molecule has 0 aromatic heterocycles. The molecule has 0 rings (SSSR count). The second kappa shape index (κ2) is 56.1. The van der Waals surface area contributed by atoms with Gasteiger partial charge in [0.2, 0.25) is 0 Å². The highest BCUT2D eigenvalue weighted by atomic mass is 16.6. The minimum Gasteiger partial charge on any atom is -0.462 e. The summed E-state index contributed by atoms with van der Waals surface area (Å²) >= 11 is 0. The molecule has 1 atom stereocenters. The van der Waals surface area contributed by atoms with E-state index in [0.29, 0.717) is 25.9 Å². The second-order valence-electron chi connectivity index (χ2n) is 18.1. The Balaban J connectivity index is 4.33. The monoisotopic (exact) mass is 917 g/mol. The van der Waals surface area contributed by atoms with Crippen LogP contribution in [0.15, 0.2) is 97.2 Å². The van der Waals surface area contributed by atoms with Gasteiger partial charge in [0.15, 0.2) is 6.10 Å². The Hall–Kier alpha value is -3.18. The van der Waals surface area contributed by atoms with Crippen LogP contribution in [0, 0.1) is 0 Å². The van der Waals surface area contributed by atoms with Crippen molar-refractivity contribution in [2.24, 2.45) is 0 Å². The highest BCUT2D eigenvalue weighted by molar-refractivity contribution is 5.70. The smallest absolute Gasteiger partial charge is 0.306 e. The van der Waals surface area contributed by atoms with Crippen LogP contribution >= 0.6 is 0 Å². The molecule has 0 saturated heterocycles. The molecular weight excluding hydrogens is 813 g/mol. The van der Waals surface area contributed by atoms with Gasteiger partial charge in [-0.15, -0.1) is 0 Å². The van der Waals surface area contributed by atoms with Crippen LogP contribution in [0.2, 0.25) is 0 Å². The standard InChI is InChI=1S/C61H104O5/c1-4-7-10-13-16-19-22-24-26-28-30-32-34-36-38-41-44-47-50-53-56-64-57-59(66-61(63)55-52-49-46-43-39-21-18-15-12-9-6-3)58-65-60(62)54-51-48-45-42-40-37-35-33-31-29-27-25-23-20-17-14-11-8-5-2/h8,11,16-17,19-20,24-27,31,33,37,40,45,48,59H,4-7,9-10,12-15,18,21-23,28-30,32,34-36,38-39,41-44,46-47,49-58H2,1-3H3/b11-8-,19-16-,20-17-,26-24-,27-25-,33-31-,40-37-,48-45-. The van der Waals surface area contributed by atoms with E-state index in [0.717, 1.165) is 70.6 Å². The van der Waals surface area contributed by atoms with Gasteiger partial charge in [0.25, 0.3) is 0 Å². The molecule has 0 aromatic rings. The Bertz CT molecular complexity index is 1270. The molecule has 0 fully saturated rings. The third-order valence-electron chi connectivity index (χ3n) is 11.6. The van der Waals surface area contributed by atoms with Crippen molar-refractivity contribution in [2.75, 3.05) is 19.8 Å². The molecule has 0 saturated carbocycles. The minimum atomic E-state index is -0.571. The summed E-state index contributed by atoms with van der Waals surface area (Å²) in [6.45, 7) is 7.61. The number of carbonyl (C=O) groups excluding carboxylic acids is 2. The number of ether oxygens (including phenoxy) is 3. The molecule has 0 N–H and O–H groups in total. The highest BCUT2D eigenvalue weighted by Gasteiger charge is 2.17. The molecule has 0 amide bonds. The van der Waals surface area contributed by atoms with Gasteiger partial charge in [-0.05, 0) is 89.9 Å². The fraction of sp³-hybridized carbons (Fsp3) is 0.705. The number of hydrogen-bond acceptors (Lipinski definition) is 5. The Kier molecular flexibility index (Phi) is 53.4. The van der Waals surface area contributed by atoms with E-state index in [1.165, 1.54) is 141 Å². The van der Waals surface area contributed by atoms with E-state index >= 15 is 0 Å². The molecule has 0 aliphatic rings. The molecule has 0 radical (unpaired) electrons. The summed E-state index contributed by atoms with van der Waals surface area (Å²) in [6.07, 6.45) is 75.8. The van der Waals surface area contributed by atoms with Crippen molar-refractivity contribution in [2.45, 2.75) is 258 Å². The van der Waals surface area contributed by atoms with E-state index in [1.54, 1.807) is 0 Å². The molecular formula is C61H104O5. The molecule has 5 heteroatoms. The predicted octanol–water partition coefficient (Wildman–Crippen LogP) is 19.0. The fourth-order valence-corrected chi connectivity index (χ4v) is 7.51. The average Bonchev–Trinajstić information content (AvgIpc) is 3.32. The SMILES string of the molecule is CC/C=C\C/C=C\C/C=C\C/C=C\C/C=C\C/C=C\CCC(=O)OCC(COCCCCCCCCCCCC/C=C\C/C=C\CCCCC)OC(=O)CCCCCCCCCCCCC. The molecule has 0 heterocycles. The van der Waals surface area contributed by atoms with Crippen LogP contribution in [-0.2, 0) is 23.8 Å². The van der Waals surface area contributed by atoms with Crippen LogP contribution in [0.5, 0.6) is 0 Å². The van der Waals surface area contributed by atoms with Crippen LogP contribution in [0.1, 0.15) is 252 Å². The van der Waals surface area contributed by atoms with E-state index in [9.17, 15) is 9.59 Å². The molecule has 378 valence electrons. The first-order valence-electron chi connectivity index (χ1n) is 27.8. The summed E-state index contributed by atoms with van der Waals surface area (Å²) in [6, 6.07) is 0. The summed E-state index contributed by atoms with van der Waals surface area (Å²) < 4.78 is 17.4. The van der Waals surface area contributed by atoms with Crippen molar-refractivity contribution < 1.29 is 23.8 Å². The molecule has 0 aliphatic carbocycles. The van der Waals surface area contributed by atoms with E-state index in [1.807, 2.05) is 6.08 Å². The van der Waals surface area contributed by atoms with Gasteiger partial charge in [-0.3, -0.25) is 9.59 Å². The van der Waals surface area contributed by atoms with Gasteiger partial charge in [-0.2, -0.15) is 0 Å². The fourth-order valence-electron chi connectivity index (χ4n) is 7.51. The third kappa shape index (κ3) is 53.4. The lowest BCUT2D eigenvalue weighted by molar-refractivity contribution is -0.162. The van der Waals surface area contributed by atoms with Crippen molar-refractivity contribution >= 4 is 11.9 Å². The van der Waals surface area contributed by atoms with Crippen LogP contribution in [0.25, 0.3) is 0 Å². The lowest BCUT2D eigenvalue weighted by atomic mass is 10.1. The van der Waals surface area contributed by atoms with Crippen molar-refractivity contribution in [3.63, 3.8) is 0 Å². The van der Waals surface area contributed by atoms with Crippen LogP contribution < -0.4 is 0 Å². The zero-order chi connectivity index (χ0) is 47.7. The second-order valence-corrected chi connectivity index (χ2v) is 18.1. The average molecular weight is 917 g/mol. The number of carbonyl (C=O) groups is 2. The van der Waals surface area contributed by atoms with Gasteiger partial charge < -0.3 is 14.2 Å². The quantitative estimate of drug-likeness (QED) is 0.0346. The van der Waals surface area contributed by atoms with Gasteiger partial charge in [0, 0.05) is 19.4 Å². The van der Waals surface area contributed by atoms with Gasteiger partial charge in [-0.25, -0.2) is 0 Å². The van der Waals surface area contributed by atoms with Gasteiger partial charge in [0.05, 0.1) is 6.61 Å². The van der Waals surface area contributed by atoms with Crippen molar-refractivity contribution in [3.8, 4) is 0 Å². The van der Waals surface area contributed by atoms with Crippen molar-refractivity contribution in [1.82, 2.24) is 0 Å². The molecule has 0 aliphatic heterocycles. The van der Waals surface area contributed by atoms with E-state index in [4.69, 9.17) is 14.2 Å². The zero-order valence-corrected chi connectivity index (χ0v) is 43.4. The lowest BCUT2D eigenvalue weighted by Gasteiger charge is -2.18. The summed E-state index contributed by atoms with van der Waals surface area (Å²) in [5.74, 6) is -0.494. The Morgan fingerprint density at radius 2 is 0.712 bits per heavy atom. The largest absolute Gasteiger partial charge is 0.462 e. The number of hydrogen-bond donors (Lipinski definition) is 0. The van der Waals surface area contributed by atoms with Crippen LogP contribution in [0.4, 0.5) is 0 Å². The maximum atomic E-state index is 12.8. The van der Waals surface area contributed by atoms with Crippen molar-refractivity contribution in [1.29, 1.82) is 0 Å². The molecule has 0 bridgehead atoms. The highest BCUT2D eigenvalue weighted by Crippen LogP contribution is 2.14. The van der Waals surface area contributed by atoms with E-state index in [-0.39, 0.29) is 25.2 Å². The number of unbranched alkanes of at least 4 members (excludes halogenated alkanes) is 23. The minimum absolute atomic E-state index is 0.0418. The lowest BCUT2D eigenvalue weighted by Crippen LogP contribution is -2.30. The molecule has 66 heavy (non-hydrogen) atoms. The summed E-state index contributed by atoms with van der Waals surface area (Å²) in [4.78, 5) is 25.4. The van der Waals surface area contributed by atoms with Gasteiger partial charge in [0.1, 0.15) is 6.61 Å². The maximum absolute atomic E-state index is 12.8. The van der Waals surface area contributed by atoms with Gasteiger partial charge in [-0.1, -0.05) is 246 Å². The third-order valence-corrected chi connectivity index (χ3v) is 11.6. The van der Waals surface area contributed by atoms with Crippen LogP contribution in [-0.4, -0.2) is 37.9 Å². The van der Waals surface area contributed by atoms with Crippen molar-refractivity contribution in [3.05, 3.63) is 97.2 Å². The summed E-state index contributed by atoms with van der Waals surface area (Å²) in [7, 11) is 0. The number of rotatable bonds is 50. The predicted molar refractivity (Wildman–Crippen MR) is 288 cm³/mol. The van der Waals surface area contributed by atoms with Crippen LogP contribution in [0.3, 0.4) is 0 Å². The molecule has 5 nitrogen and oxygen atoms in total. The number of allylic oxidation sites excluding steroid dienone is 16. The topological polar surface area (TPSA) is 61.8 Å². The normalized spacial score (nSPS) is 13.0. The van der Waals surface area contributed by atoms with E-state index in [2.05, 4.69) is 112 Å². The Morgan fingerprint density at radius 3 is 1.18 bits per heavy atom. The number of esters is 2. The maximum Gasteiger partial charge on any atom is 0.306 e. The molecule has 0 spiro atoms. The first kappa shape index (κ1) is 62.8. The Labute approximate surface area is 409 Å². The summed E-state index contributed by atoms with van der Waals surface area (Å²) in [5, 5.41) is 0. The summed E-state index contributed by atoms with van der Waals surface area (Å²) in [5.41, 5.74) is 0. The Morgan fingerprint density at radius 1 is 0.348 bits per heavy atom. The zero-order valence-electron chi connectivity index (χ0n) is 43.4. The molecule has 1 unspecified atom stereocenters. The first-order chi connectivity index (χ1) is 32.6.